The molecule has 0 amide bonds. The molecule has 8 aromatic rings. The number of pyridine rings is 4. The van der Waals surface area contributed by atoms with Crippen molar-refractivity contribution in [3.8, 4) is 33.4 Å². The first-order valence-corrected chi connectivity index (χ1v) is 16.3. The summed E-state index contributed by atoms with van der Waals surface area (Å²) in [5.41, 5.74) is 17.6. The third-order valence-electron chi connectivity index (χ3n) is 9.53. The van der Waals surface area contributed by atoms with Crippen LogP contribution in [0.5, 0.6) is 0 Å². The standard InChI is InChI=1S/C43H31N5/c1-28-34(11-6-16-39(28)48-40-14-4-2-9-29(40)17-18-30-10-3-5-15-41(30)48)31-25-32(35-19-23-44-37-12-7-21-46-42(35)37)27-33(26-31)36-20-24-45-38-13-8-22-47-43(36)38/h2-16,19-27H,17-18H2,1H3. The van der Waals surface area contributed by atoms with Gasteiger partial charge in [-0.25, -0.2) is 0 Å². The Kier molecular flexibility index (Phi) is 6.75. The van der Waals surface area contributed by atoms with E-state index in [1.807, 2.05) is 49.1 Å². The Morgan fingerprint density at radius 2 is 0.938 bits per heavy atom. The lowest BCUT2D eigenvalue weighted by Gasteiger charge is -2.29. The van der Waals surface area contributed by atoms with Crippen molar-refractivity contribution < 1.29 is 0 Å². The number of anilines is 3. The molecule has 4 aromatic heterocycles. The van der Waals surface area contributed by atoms with Crippen molar-refractivity contribution in [3.63, 3.8) is 0 Å². The molecule has 0 atom stereocenters. The van der Waals surface area contributed by atoms with E-state index in [0.29, 0.717) is 0 Å². The summed E-state index contributed by atoms with van der Waals surface area (Å²) in [7, 11) is 0. The third kappa shape index (κ3) is 4.71. The van der Waals surface area contributed by atoms with Crippen LogP contribution in [0.1, 0.15) is 16.7 Å². The number of benzene rings is 4. The summed E-state index contributed by atoms with van der Waals surface area (Å²) < 4.78 is 0. The van der Waals surface area contributed by atoms with Crippen LogP contribution >= 0.6 is 0 Å². The molecular formula is C43H31N5. The average Bonchev–Trinajstić information content (AvgIpc) is 3.31. The largest absolute Gasteiger partial charge is 0.310 e. The van der Waals surface area contributed by atoms with E-state index in [1.54, 1.807) is 0 Å². The van der Waals surface area contributed by atoms with Crippen molar-refractivity contribution in [3.05, 3.63) is 163 Å². The monoisotopic (exact) mass is 617 g/mol. The van der Waals surface area contributed by atoms with E-state index in [4.69, 9.17) is 9.97 Å². The molecule has 0 aliphatic carbocycles. The lowest BCUT2D eigenvalue weighted by Crippen LogP contribution is -2.13. The minimum Gasteiger partial charge on any atom is -0.310 e. The second-order valence-electron chi connectivity index (χ2n) is 12.3. The van der Waals surface area contributed by atoms with Crippen molar-refractivity contribution >= 4 is 39.1 Å². The number of rotatable bonds is 4. The molecule has 1 aliphatic heterocycles. The van der Waals surface area contributed by atoms with Crippen LogP contribution in [-0.2, 0) is 12.8 Å². The van der Waals surface area contributed by atoms with Gasteiger partial charge in [-0.2, -0.15) is 0 Å². The summed E-state index contributed by atoms with van der Waals surface area (Å²) in [6, 6.07) is 43.2. The number of nitrogens with zero attached hydrogens (tertiary/aromatic N) is 5. The predicted molar refractivity (Wildman–Crippen MR) is 196 cm³/mol. The summed E-state index contributed by atoms with van der Waals surface area (Å²) >= 11 is 0. The van der Waals surface area contributed by atoms with Gasteiger partial charge in [0.2, 0.25) is 0 Å². The maximum atomic E-state index is 4.77. The highest BCUT2D eigenvalue weighted by molar-refractivity contribution is 5.97. The summed E-state index contributed by atoms with van der Waals surface area (Å²) in [6.07, 6.45) is 9.43. The fourth-order valence-electron chi connectivity index (χ4n) is 7.24. The molecule has 0 bridgehead atoms. The van der Waals surface area contributed by atoms with Gasteiger partial charge in [-0.1, -0.05) is 48.5 Å². The van der Waals surface area contributed by atoms with E-state index in [9.17, 15) is 0 Å². The van der Waals surface area contributed by atoms with E-state index < -0.39 is 0 Å². The van der Waals surface area contributed by atoms with Gasteiger partial charge in [0.15, 0.2) is 0 Å². The van der Waals surface area contributed by atoms with Gasteiger partial charge in [-0.15, -0.1) is 0 Å². The SMILES string of the molecule is Cc1c(-c2cc(-c3ccnc4cccnc34)cc(-c3ccnc4cccnc34)c2)cccc1N1c2ccccc2CCc2ccccc21. The van der Waals surface area contributed by atoms with E-state index in [0.717, 1.165) is 62.7 Å². The smallest absolute Gasteiger partial charge is 0.0964 e. The Labute approximate surface area is 279 Å². The molecule has 5 heterocycles. The molecule has 228 valence electrons. The highest BCUT2D eigenvalue weighted by atomic mass is 15.2. The molecule has 1 aliphatic rings. The summed E-state index contributed by atoms with van der Waals surface area (Å²) in [5.74, 6) is 0. The molecule has 48 heavy (non-hydrogen) atoms. The molecule has 4 aromatic carbocycles. The molecule has 0 saturated heterocycles. The summed E-state index contributed by atoms with van der Waals surface area (Å²) in [5, 5.41) is 0. The second kappa shape index (κ2) is 11.6. The van der Waals surface area contributed by atoms with Gasteiger partial charge in [-0.3, -0.25) is 19.9 Å². The summed E-state index contributed by atoms with van der Waals surface area (Å²) in [4.78, 5) is 21.2. The molecule has 5 heteroatoms. The van der Waals surface area contributed by atoms with Crippen molar-refractivity contribution in [2.75, 3.05) is 4.90 Å². The molecule has 0 fully saturated rings. The quantitative estimate of drug-likeness (QED) is 0.197. The van der Waals surface area contributed by atoms with Crippen LogP contribution in [0.25, 0.3) is 55.4 Å². The molecule has 5 nitrogen and oxygen atoms in total. The van der Waals surface area contributed by atoms with Crippen LogP contribution in [0.4, 0.5) is 17.1 Å². The van der Waals surface area contributed by atoms with E-state index in [2.05, 4.69) is 119 Å². The van der Waals surface area contributed by atoms with Crippen molar-refractivity contribution in [2.24, 2.45) is 0 Å². The molecular weight excluding hydrogens is 587 g/mol. The second-order valence-corrected chi connectivity index (χ2v) is 12.3. The molecule has 9 rings (SSSR count). The van der Waals surface area contributed by atoms with Gasteiger partial charge >= 0.3 is 0 Å². The van der Waals surface area contributed by atoms with Gasteiger partial charge in [0.05, 0.1) is 22.1 Å². The fraction of sp³-hybridized carbons (Fsp3) is 0.0698. The van der Waals surface area contributed by atoms with Gasteiger partial charge in [0.1, 0.15) is 0 Å². The molecule has 0 radical (unpaired) electrons. The zero-order valence-corrected chi connectivity index (χ0v) is 26.5. The Morgan fingerprint density at radius 3 is 1.50 bits per heavy atom. The first kappa shape index (κ1) is 28.1. The number of aromatic nitrogens is 4. The first-order valence-electron chi connectivity index (χ1n) is 16.3. The van der Waals surface area contributed by atoms with Crippen molar-refractivity contribution in [1.82, 2.24) is 19.9 Å². The van der Waals surface area contributed by atoms with Gasteiger partial charge < -0.3 is 4.90 Å². The topological polar surface area (TPSA) is 54.8 Å². The van der Waals surface area contributed by atoms with Crippen LogP contribution in [0.15, 0.2) is 146 Å². The Balaban J connectivity index is 1.29. The Morgan fingerprint density at radius 1 is 0.438 bits per heavy atom. The number of fused-ring (bicyclic) bond motifs is 4. The summed E-state index contributed by atoms with van der Waals surface area (Å²) in [6.45, 7) is 2.25. The highest BCUT2D eigenvalue weighted by Crippen LogP contribution is 2.45. The van der Waals surface area contributed by atoms with Crippen LogP contribution in [0.3, 0.4) is 0 Å². The van der Waals surface area contributed by atoms with Crippen LogP contribution in [-0.4, -0.2) is 19.9 Å². The van der Waals surface area contributed by atoms with Crippen molar-refractivity contribution in [2.45, 2.75) is 19.8 Å². The zero-order chi connectivity index (χ0) is 32.0. The minimum atomic E-state index is 0.870. The Bertz CT molecular complexity index is 2350. The van der Waals surface area contributed by atoms with Gasteiger partial charge in [0, 0.05) is 53.0 Å². The van der Waals surface area contributed by atoms with Crippen LogP contribution in [0.2, 0.25) is 0 Å². The molecule has 0 unspecified atom stereocenters. The predicted octanol–water partition coefficient (Wildman–Crippen LogP) is 10.5. The van der Waals surface area contributed by atoms with Crippen LogP contribution in [0, 0.1) is 6.92 Å². The minimum absolute atomic E-state index is 0.870. The average molecular weight is 618 g/mol. The lowest BCUT2D eigenvalue weighted by atomic mass is 9.90. The lowest BCUT2D eigenvalue weighted by molar-refractivity contribution is 0.977. The van der Waals surface area contributed by atoms with E-state index >= 15 is 0 Å². The van der Waals surface area contributed by atoms with Crippen LogP contribution < -0.4 is 4.90 Å². The molecule has 0 spiro atoms. The normalized spacial score (nSPS) is 12.5. The number of aryl methyl sites for hydroxylation is 2. The van der Waals surface area contributed by atoms with Gasteiger partial charge in [-0.05, 0) is 132 Å². The van der Waals surface area contributed by atoms with E-state index in [1.165, 1.54) is 39.3 Å². The van der Waals surface area contributed by atoms with Crippen molar-refractivity contribution in [1.29, 1.82) is 0 Å². The zero-order valence-electron chi connectivity index (χ0n) is 26.5. The fourth-order valence-corrected chi connectivity index (χ4v) is 7.24. The number of para-hydroxylation sites is 2. The number of hydrogen-bond acceptors (Lipinski definition) is 5. The van der Waals surface area contributed by atoms with E-state index in [-0.39, 0.29) is 0 Å². The number of hydrogen-bond donors (Lipinski definition) is 0. The third-order valence-corrected chi connectivity index (χ3v) is 9.53. The van der Waals surface area contributed by atoms with Gasteiger partial charge in [0.25, 0.3) is 0 Å². The molecule has 0 saturated carbocycles. The highest BCUT2D eigenvalue weighted by Gasteiger charge is 2.24. The maximum absolute atomic E-state index is 4.77. The Hall–Kier alpha value is -6.20. The first-order chi connectivity index (χ1) is 23.7. The maximum Gasteiger partial charge on any atom is 0.0964 e. The molecule has 0 N–H and O–H groups in total.